The van der Waals surface area contributed by atoms with Gasteiger partial charge < -0.3 is 4.74 Å². The van der Waals surface area contributed by atoms with Crippen molar-refractivity contribution in [3.63, 3.8) is 0 Å². The van der Waals surface area contributed by atoms with Crippen LogP contribution in [-0.4, -0.2) is 16.2 Å². The van der Waals surface area contributed by atoms with Crippen molar-refractivity contribution in [2.75, 3.05) is 6.61 Å². The van der Waals surface area contributed by atoms with Gasteiger partial charge in [0.15, 0.2) is 0 Å². The highest BCUT2D eigenvalue weighted by Crippen LogP contribution is 2.30. The molecule has 6 heteroatoms. The van der Waals surface area contributed by atoms with Gasteiger partial charge in [0.05, 0.1) is 18.3 Å². The van der Waals surface area contributed by atoms with Gasteiger partial charge in [0.25, 0.3) is 5.56 Å². The number of aryl methyl sites for hydroxylation is 1. The lowest BCUT2D eigenvalue weighted by atomic mass is 10.1. The van der Waals surface area contributed by atoms with E-state index in [9.17, 15) is 4.79 Å². The first-order valence-corrected chi connectivity index (χ1v) is 9.88. The van der Waals surface area contributed by atoms with Crippen molar-refractivity contribution in [3.8, 4) is 16.9 Å². The van der Waals surface area contributed by atoms with Gasteiger partial charge >= 0.3 is 0 Å². The Balaban J connectivity index is 1.50. The van der Waals surface area contributed by atoms with Crippen molar-refractivity contribution in [3.05, 3.63) is 81.7 Å². The van der Waals surface area contributed by atoms with Crippen molar-refractivity contribution in [1.82, 2.24) is 9.55 Å². The van der Waals surface area contributed by atoms with Gasteiger partial charge in [0.1, 0.15) is 10.6 Å². The van der Waals surface area contributed by atoms with Crippen LogP contribution >= 0.6 is 22.9 Å². The predicted octanol–water partition coefficient (Wildman–Crippen LogP) is 5.25. The van der Waals surface area contributed by atoms with E-state index in [-0.39, 0.29) is 5.56 Å². The van der Waals surface area contributed by atoms with Crippen molar-refractivity contribution in [1.29, 1.82) is 0 Å². The zero-order valence-electron chi connectivity index (χ0n) is 14.5. The molecule has 2 aromatic carbocycles. The summed E-state index contributed by atoms with van der Waals surface area (Å²) in [6, 6.07) is 17.2. The van der Waals surface area contributed by atoms with Crippen LogP contribution in [-0.2, 0) is 6.54 Å². The molecule has 4 aromatic rings. The zero-order valence-corrected chi connectivity index (χ0v) is 16.0. The van der Waals surface area contributed by atoms with E-state index in [1.165, 1.54) is 11.3 Å². The minimum atomic E-state index is -0.00778. The molecule has 2 aromatic heterocycles. The average molecular weight is 397 g/mol. The number of nitrogens with zero attached hydrogens (tertiary/aromatic N) is 2. The number of hydrogen-bond donors (Lipinski definition) is 0. The molecule has 0 bridgehead atoms. The highest BCUT2D eigenvalue weighted by Gasteiger charge is 2.13. The number of aromatic nitrogens is 2. The fraction of sp³-hybridized carbons (Fsp3) is 0.143. The molecule has 0 saturated carbocycles. The lowest BCUT2D eigenvalue weighted by Gasteiger charge is -2.08. The number of rotatable bonds is 6. The highest BCUT2D eigenvalue weighted by molar-refractivity contribution is 7.17. The molecule has 0 aliphatic carbocycles. The van der Waals surface area contributed by atoms with Gasteiger partial charge in [-0.1, -0.05) is 41.9 Å². The molecule has 2 heterocycles. The molecule has 4 nitrogen and oxygen atoms in total. The van der Waals surface area contributed by atoms with E-state index in [0.29, 0.717) is 30.0 Å². The molecular weight excluding hydrogens is 380 g/mol. The summed E-state index contributed by atoms with van der Waals surface area (Å²) in [5.74, 6) is 0.768. The molecule has 0 fully saturated rings. The third-order valence-electron chi connectivity index (χ3n) is 4.27. The molecule has 0 amide bonds. The van der Waals surface area contributed by atoms with E-state index in [4.69, 9.17) is 16.3 Å². The Kier molecular flexibility index (Phi) is 5.23. The lowest BCUT2D eigenvalue weighted by molar-refractivity contribution is 0.301. The van der Waals surface area contributed by atoms with Crippen LogP contribution in [0.5, 0.6) is 5.75 Å². The fourth-order valence-corrected chi connectivity index (χ4v) is 3.95. The first-order chi connectivity index (χ1) is 13.2. The number of fused-ring (bicyclic) bond motifs is 1. The van der Waals surface area contributed by atoms with Gasteiger partial charge in [-0.15, -0.1) is 11.3 Å². The summed E-state index contributed by atoms with van der Waals surface area (Å²) in [4.78, 5) is 18.2. The molecule has 0 spiro atoms. The van der Waals surface area contributed by atoms with Crippen LogP contribution in [0.2, 0.25) is 5.02 Å². The number of benzene rings is 2. The Labute approximate surface area is 165 Å². The summed E-state index contributed by atoms with van der Waals surface area (Å²) in [6.45, 7) is 1.07. The molecule has 0 saturated heterocycles. The van der Waals surface area contributed by atoms with Gasteiger partial charge in [-0.2, -0.15) is 0 Å². The number of ether oxygens (including phenoxy) is 1. The summed E-state index contributed by atoms with van der Waals surface area (Å²) >= 11 is 7.36. The summed E-state index contributed by atoms with van der Waals surface area (Å²) in [5.41, 5.74) is 1.97. The monoisotopic (exact) mass is 396 g/mol. The van der Waals surface area contributed by atoms with Crippen LogP contribution in [0.1, 0.15) is 6.42 Å². The lowest BCUT2D eigenvalue weighted by Crippen LogP contribution is -2.21. The summed E-state index contributed by atoms with van der Waals surface area (Å²) in [7, 11) is 0. The Morgan fingerprint density at radius 2 is 1.85 bits per heavy atom. The van der Waals surface area contributed by atoms with E-state index in [1.54, 1.807) is 23.0 Å². The second-order valence-electron chi connectivity index (χ2n) is 6.09. The van der Waals surface area contributed by atoms with Gasteiger partial charge in [0.2, 0.25) is 0 Å². The van der Waals surface area contributed by atoms with Crippen molar-refractivity contribution < 1.29 is 4.74 Å². The zero-order chi connectivity index (χ0) is 18.6. The molecule has 0 unspecified atom stereocenters. The molecule has 0 atom stereocenters. The van der Waals surface area contributed by atoms with Gasteiger partial charge in [-0.25, -0.2) is 4.98 Å². The van der Waals surface area contributed by atoms with Crippen LogP contribution in [0.25, 0.3) is 21.3 Å². The van der Waals surface area contributed by atoms with Crippen LogP contribution in [0, 0.1) is 0 Å². The minimum absolute atomic E-state index is 0.00778. The first kappa shape index (κ1) is 17.8. The maximum atomic E-state index is 13.0. The van der Waals surface area contributed by atoms with E-state index < -0.39 is 0 Å². The van der Waals surface area contributed by atoms with Crippen molar-refractivity contribution in [2.45, 2.75) is 13.0 Å². The Morgan fingerprint density at radius 1 is 1.07 bits per heavy atom. The van der Waals surface area contributed by atoms with Crippen LogP contribution in [0.3, 0.4) is 0 Å². The number of thiophene rings is 1. The van der Waals surface area contributed by atoms with Crippen molar-refractivity contribution >= 4 is 33.2 Å². The van der Waals surface area contributed by atoms with E-state index in [0.717, 1.165) is 21.7 Å². The van der Waals surface area contributed by atoms with E-state index in [2.05, 4.69) is 4.98 Å². The maximum absolute atomic E-state index is 13.0. The second-order valence-corrected chi connectivity index (χ2v) is 7.39. The standard InChI is InChI=1S/C21H17ClN2O2S/c22-16-7-9-17(10-8-16)26-12-4-11-24-14-23-20-19(21(24)25)18(13-27-20)15-5-2-1-3-6-15/h1-3,5-10,13-14H,4,11-12H2. The molecule has 0 aliphatic heterocycles. The molecule has 4 rings (SSSR count). The average Bonchev–Trinajstić information content (AvgIpc) is 3.14. The number of hydrogen-bond acceptors (Lipinski definition) is 4. The predicted molar refractivity (Wildman–Crippen MR) is 111 cm³/mol. The summed E-state index contributed by atoms with van der Waals surface area (Å²) < 4.78 is 7.36. The smallest absolute Gasteiger partial charge is 0.262 e. The van der Waals surface area contributed by atoms with Gasteiger partial charge in [-0.05, 0) is 36.2 Å². The number of halogens is 1. The van der Waals surface area contributed by atoms with E-state index >= 15 is 0 Å². The third-order valence-corrected chi connectivity index (χ3v) is 5.41. The largest absolute Gasteiger partial charge is 0.494 e. The molecule has 27 heavy (non-hydrogen) atoms. The molecule has 0 N–H and O–H groups in total. The summed E-state index contributed by atoms with van der Waals surface area (Å²) in [6.07, 6.45) is 2.33. The van der Waals surface area contributed by atoms with Crippen molar-refractivity contribution in [2.24, 2.45) is 0 Å². The minimum Gasteiger partial charge on any atom is -0.494 e. The van der Waals surface area contributed by atoms with Gasteiger partial charge in [0, 0.05) is 22.5 Å². The normalized spacial score (nSPS) is 11.0. The topological polar surface area (TPSA) is 44.1 Å². The Hall–Kier alpha value is -2.63. The second kappa shape index (κ2) is 7.94. The first-order valence-electron chi connectivity index (χ1n) is 8.63. The molecule has 136 valence electrons. The van der Waals surface area contributed by atoms with Crippen LogP contribution in [0.15, 0.2) is 71.1 Å². The maximum Gasteiger partial charge on any atom is 0.262 e. The highest BCUT2D eigenvalue weighted by atomic mass is 35.5. The van der Waals surface area contributed by atoms with E-state index in [1.807, 2.05) is 47.8 Å². The van der Waals surface area contributed by atoms with Gasteiger partial charge in [-0.3, -0.25) is 9.36 Å². The van der Waals surface area contributed by atoms with Crippen LogP contribution in [0.4, 0.5) is 0 Å². The quantitative estimate of drug-likeness (QED) is 0.418. The Bertz CT molecular complexity index is 1100. The third kappa shape index (κ3) is 3.89. The van der Waals surface area contributed by atoms with Crippen LogP contribution < -0.4 is 10.3 Å². The fourth-order valence-electron chi connectivity index (χ4n) is 2.91. The molecular formula is C21H17ClN2O2S. The summed E-state index contributed by atoms with van der Waals surface area (Å²) in [5, 5.41) is 3.37. The molecule has 0 radical (unpaired) electrons. The SMILES string of the molecule is O=c1c2c(-c3ccccc3)csc2ncn1CCCOc1ccc(Cl)cc1. The molecule has 0 aliphatic rings. The Morgan fingerprint density at radius 3 is 2.63 bits per heavy atom.